The molecule has 2 N–H and O–H groups in total. The van der Waals surface area contributed by atoms with Gasteiger partial charge in [0, 0.05) is 27.2 Å². The first-order valence-electron chi connectivity index (χ1n) is 9.15. The highest BCUT2D eigenvalue weighted by Crippen LogP contribution is 2.25. The van der Waals surface area contributed by atoms with Crippen LogP contribution in [0.25, 0.3) is 21.9 Å². The zero-order valence-electron chi connectivity index (χ0n) is 16.5. The Morgan fingerprint density at radius 2 is 1.70 bits per heavy atom. The maximum Gasteiger partial charge on any atom is 0.254 e. The molecule has 0 saturated carbocycles. The minimum atomic E-state index is -3.77. The molecule has 30 heavy (non-hydrogen) atoms. The molecule has 0 radical (unpaired) electrons. The number of carbonyl (C=O) groups is 1. The van der Waals surface area contributed by atoms with Crippen molar-refractivity contribution in [2.24, 2.45) is 0 Å². The molecule has 0 aliphatic carbocycles. The Hall–Kier alpha value is -2.79. The molecule has 1 aromatic heterocycles. The third kappa shape index (κ3) is 3.82. The van der Waals surface area contributed by atoms with Crippen molar-refractivity contribution in [3.63, 3.8) is 0 Å². The summed E-state index contributed by atoms with van der Waals surface area (Å²) in [5, 5.41) is 18.4. The van der Waals surface area contributed by atoms with Crippen LogP contribution in [0.1, 0.15) is 10.4 Å². The summed E-state index contributed by atoms with van der Waals surface area (Å²) >= 11 is 0. The van der Waals surface area contributed by atoms with Crippen LogP contribution in [0.3, 0.4) is 0 Å². The van der Waals surface area contributed by atoms with E-state index in [9.17, 15) is 28.2 Å². The van der Waals surface area contributed by atoms with E-state index < -0.39 is 21.4 Å². The van der Waals surface area contributed by atoms with Crippen molar-refractivity contribution < 1.29 is 27.8 Å². The van der Waals surface area contributed by atoms with Crippen LogP contribution in [0, 0.1) is 0 Å². The van der Waals surface area contributed by atoms with Crippen LogP contribution in [-0.2, 0) is 10.0 Å². The van der Waals surface area contributed by atoms with Gasteiger partial charge < -0.3 is 19.5 Å². The number of nitrogens with zero attached hydrogens (tertiary/aromatic N) is 2. The average molecular weight is 434 g/mol. The molecule has 0 aliphatic heterocycles. The average Bonchev–Trinajstić information content (AvgIpc) is 2.72. The van der Waals surface area contributed by atoms with Gasteiger partial charge in [0.2, 0.25) is 15.5 Å². The third-order valence-electron chi connectivity index (χ3n) is 4.70. The first kappa shape index (κ1) is 21.9. The lowest BCUT2D eigenvalue weighted by Gasteiger charge is -2.21. The summed E-state index contributed by atoms with van der Waals surface area (Å²) in [5.74, 6) is -0.549. The number of amides is 1. The maximum absolute atomic E-state index is 13.3. The Kier molecular flexibility index (Phi) is 6.22. The molecule has 0 fully saturated rings. The van der Waals surface area contributed by atoms with Crippen LogP contribution in [0.4, 0.5) is 0 Å². The molecular weight excluding hydrogens is 412 g/mol. The van der Waals surface area contributed by atoms with E-state index in [1.165, 1.54) is 43.3 Å². The minimum absolute atomic E-state index is 0.00952. The van der Waals surface area contributed by atoms with Gasteiger partial charge in [-0.2, -0.15) is 0 Å². The SMILES string of the molecule is CN(C)S(=O)(=O)c1ccc2oc3cccc(C(=O)N(CCO)CCO)c3c(=O)c2c1. The van der Waals surface area contributed by atoms with Crippen molar-refractivity contribution in [3.05, 3.63) is 52.2 Å². The van der Waals surface area contributed by atoms with Crippen LogP contribution in [0.15, 0.2) is 50.5 Å². The molecule has 0 atom stereocenters. The predicted molar refractivity (Wildman–Crippen MR) is 111 cm³/mol. The van der Waals surface area contributed by atoms with E-state index in [-0.39, 0.29) is 58.7 Å². The van der Waals surface area contributed by atoms with Gasteiger partial charge in [0.15, 0.2) is 0 Å². The lowest BCUT2D eigenvalue weighted by atomic mass is 10.1. The summed E-state index contributed by atoms with van der Waals surface area (Å²) in [4.78, 5) is 27.4. The van der Waals surface area contributed by atoms with E-state index in [0.717, 1.165) is 4.31 Å². The number of hydrogen-bond donors (Lipinski definition) is 2. The van der Waals surface area contributed by atoms with Gasteiger partial charge in [0.1, 0.15) is 11.2 Å². The van der Waals surface area contributed by atoms with Crippen molar-refractivity contribution >= 4 is 37.9 Å². The minimum Gasteiger partial charge on any atom is -0.456 e. The Bertz CT molecular complexity index is 1260. The van der Waals surface area contributed by atoms with E-state index in [2.05, 4.69) is 0 Å². The molecule has 3 aromatic rings. The molecule has 9 nitrogen and oxygen atoms in total. The van der Waals surface area contributed by atoms with Gasteiger partial charge in [-0.15, -0.1) is 0 Å². The van der Waals surface area contributed by atoms with E-state index >= 15 is 0 Å². The van der Waals surface area contributed by atoms with Crippen molar-refractivity contribution in [1.29, 1.82) is 0 Å². The van der Waals surface area contributed by atoms with E-state index in [4.69, 9.17) is 4.42 Å². The van der Waals surface area contributed by atoms with Gasteiger partial charge in [-0.3, -0.25) is 9.59 Å². The van der Waals surface area contributed by atoms with Crippen molar-refractivity contribution in [1.82, 2.24) is 9.21 Å². The summed E-state index contributed by atoms with van der Waals surface area (Å²) in [6.45, 7) is -0.639. The van der Waals surface area contributed by atoms with Gasteiger partial charge in [0.25, 0.3) is 5.91 Å². The molecule has 1 heterocycles. The van der Waals surface area contributed by atoms with Gasteiger partial charge in [-0.1, -0.05) is 6.07 Å². The van der Waals surface area contributed by atoms with Crippen molar-refractivity contribution in [2.45, 2.75) is 4.90 Å². The number of hydrogen-bond acceptors (Lipinski definition) is 7. The fourth-order valence-electron chi connectivity index (χ4n) is 3.16. The fourth-order valence-corrected chi connectivity index (χ4v) is 4.08. The summed E-state index contributed by atoms with van der Waals surface area (Å²) in [6, 6.07) is 8.55. The second-order valence-corrected chi connectivity index (χ2v) is 8.95. The van der Waals surface area contributed by atoms with Crippen molar-refractivity contribution in [3.8, 4) is 0 Å². The lowest BCUT2D eigenvalue weighted by molar-refractivity contribution is 0.0686. The predicted octanol–water partition coefficient (Wildman–Crippen LogP) is 0.623. The summed E-state index contributed by atoms with van der Waals surface area (Å²) in [5.41, 5.74) is -0.128. The molecule has 160 valence electrons. The fraction of sp³-hybridized carbons (Fsp3) is 0.300. The van der Waals surface area contributed by atoms with Gasteiger partial charge in [-0.05, 0) is 30.3 Å². The molecule has 0 aliphatic rings. The molecule has 0 bridgehead atoms. The molecule has 0 saturated heterocycles. The van der Waals surface area contributed by atoms with Gasteiger partial charge in [-0.25, -0.2) is 12.7 Å². The molecule has 1 amide bonds. The highest BCUT2D eigenvalue weighted by atomic mass is 32.2. The number of aliphatic hydroxyl groups excluding tert-OH is 2. The molecule has 0 spiro atoms. The van der Waals surface area contributed by atoms with Crippen LogP contribution < -0.4 is 5.43 Å². The number of rotatable bonds is 7. The highest BCUT2D eigenvalue weighted by molar-refractivity contribution is 7.89. The topological polar surface area (TPSA) is 128 Å². The zero-order valence-corrected chi connectivity index (χ0v) is 17.3. The Balaban J connectivity index is 2.28. The number of aliphatic hydroxyl groups is 2. The first-order valence-corrected chi connectivity index (χ1v) is 10.6. The smallest absolute Gasteiger partial charge is 0.254 e. The standard InChI is InChI=1S/C20H22N2O7S/c1-21(2)30(27,28)13-6-7-16-15(12-13)19(25)18-14(4-3-5-17(18)29-16)20(26)22(8-10-23)9-11-24/h3-7,12,23-24H,8-11H2,1-2H3. The maximum atomic E-state index is 13.3. The largest absolute Gasteiger partial charge is 0.456 e. The second kappa shape index (κ2) is 8.52. The summed E-state index contributed by atoms with van der Waals surface area (Å²) < 4.78 is 31.7. The zero-order chi connectivity index (χ0) is 22.1. The number of fused-ring (bicyclic) bond motifs is 2. The highest BCUT2D eigenvalue weighted by Gasteiger charge is 2.23. The van der Waals surface area contributed by atoms with Crippen molar-refractivity contribution in [2.75, 3.05) is 40.4 Å². The van der Waals surface area contributed by atoms with Gasteiger partial charge >= 0.3 is 0 Å². The number of carbonyl (C=O) groups excluding carboxylic acids is 1. The number of benzene rings is 2. The lowest BCUT2D eigenvalue weighted by Crippen LogP contribution is -2.36. The van der Waals surface area contributed by atoms with Crippen LogP contribution in [0.2, 0.25) is 0 Å². The van der Waals surface area contributed by atoms with Crippen LogP contribution in [-0.4, -0.2) is 74.1 Å². The Labute approximate surface area is 172 Å². The summed E-state index contributed by atoms with van der Waals surface area (Å²) in [6.07, 6.45) is 0. The third-order valence-corrected chi connectivity index (χ3v) is 6.52. The summed E-state index contributed by atoms with van der Waals surface area (Å²) in [7, 11) is -1.00. The quantitative estimate of drug-likeness (QED) is 0.522. The van der Waals surface area contributed by atoms with Gasteiger partial charge in [0.05, 0.1) is 34.4 Å². The van der Waals surface area contributed by atoms with E-state index in [0.29, 0.717) is 0 Å². The second-order valence-electron chi connectivity index (χ2n) is 6.79. The van der Waals surface area contributed by atoms with Crippen LogP contribution in [0.5, 0.6) is 0 Å². The molecule has 3 rings (SSSR count). The van der Waals surface area contributed by atoms with E-state index in [1.54, 1.807) is 12.1 Å². The molecule has 2 aromatic carbocycles. The number of sulfonamides is 1. The Morgan fingerprint density at radius 1 is 1.03 bits per heavy atom. The normalized spacial score (nSPS) is 12.0. The molecule has 0 unspecified atom stereocenters. The monoisotopic (exact) mass is 434 g/mol. The molecular formula is C20H22N2O7S. The molecule has 10 heteroatoms. The van der Waals surface area contributed by atoms with E-state index in [1.807, 2.05) is 0 Å². The van der Waals surface area contributed by atoms with Crippen LogP contribution >= 0.6 is 0 Å². The first-order chi connectivity index (χ1) is 14.2. The Morgan fingerprint density at radius 3 is 2.30 bits per heavy atom.